The van der Waals surface area contributed by atoms with Crippen molar-refractivity contribution in [1.82, 2.24) is 4.57 Å². The molecule has 0 unspecified atom stereocenters. The quantitative estimate of drug-likeness (QED) is 0.222. The van der Waals surface area contributed by atoms with E-state index < -0.39 is 0 Å². The lowest BCUT2D eigenvalue weighted by molar-refractivity contribution is 0.435. The van der Waals surface area contributed by atoms with Crippen LogP contribution in [0.2, 0.25) is 0 Å². The first kappa shape index (κ1) is 24.5. The summed E-state index contributed by atoms with van der Waals surface area (Å²) in [6.45, 7) is 11.4. The lowest BCUT2D eigenvalue weighted by Gasteiger charge is -2.33. The van der Waals surface area contributed by atoms with Crippen LogP contribution in [0, 0.1) is 20.8 Å². The van der Waals surface area contributed by atoms with E-state index in [1.165, 1.54) is 81.0 Å². The Kier molecular flexibility index (Phi) is 5.63. The third kappa shape index (κ3) is 3.45. The second kappa shape index (κ2) is 8.98. The van der Waals surface area contributed by atoms with Crippen molar-refractivity contribution in [3.8, 4) is 16.8 Å². The first-order chi connectivity index (χ1) is 19.0. The van der Waals surface area contributed by atoms with Crippen LogP contribution in [0.15, 0.2) is 66.7 Å². The van der Waals surface area contributed by atoms with Crippen molar-refractivity contribution < 1.29 is 0 Å². The summed E-state index contributed by atoms with van der Waals surface area (Å²) in [6.07, 6.45) is 11.8. The molecule has 1 heterocycles. The van der Waals surface area contributed by atoms with Gasteiger partial charge in [-0.1, -0.05) is 85.9 Å². The fourth-order valence-electron chi connectivity index (χ4n) is 7.93. The maximum Gasteiger partial charge on any atom is 0.0541 e. The molecule has 0 radical (unpaired) electrons. The summed E-state index contributed by atoms with van der Waals surface area (Å²) in [6, 6.07) is 23.9. The van der Waals surface area contributed by atoms with Gasteiger partial charge in [-0.25, -0.2) is 0 Å². The molecule has 196 valence electrons. The van der Waals surface area contributed by atoms with Crippen LogP contribution in [0.1, 0.15) is 84.9 Å². The number of aromatic nitrogens is 1. The highest BCUT2D eigenvalue weighted by atomic mass is 15.0. The second-order valence-corrected chi connectivity index (χ2v) is 12.2. The predicted molar refractivity (Wildman–Crippen MR) is 168 cm³/mol. The second-order valence-electron chi connectivity index (χ2n) is 12.2. The van der Waals surface area contributed by atoms with Crippen LogP contribution in [-0.2, 0) is 11.8 Å². The molecule has 1 heteroatoms. The molecule has 0 bridgehead atoms. The molecule has 39 heavy (non-hydrogen) atoms. The van der Waals surface area contributed by atoms with Gasteiger partial charge in [-0.05, 0) is 105 Å². The molecule has 0 aliphatic heterocycles. The molecule has 2 aliphatic carbocycles. The van der Waals surface area contributed by atoms with Crippen molar-refractivity contribution in [2.24, 2.45) is 0 Å². The van der Waals surface area contributed by atoms with Crippen molar-refractivity contribution in [3.05, 3.63) is 106 Å². The van der Waals surface area contributed by atoms with Gasteiger partial charge in [-0.2, -0.15) is 0 Å². The predicted octanol–water partition coefficient (Wildman–Crippen LogP) is 10.5. The van der Waals surface area contributed by atoms with E-state index in [1.54, 1.807) is 22.3 Å². The minimum Gasteiger partial charge on any atom is -0.309 e. The average Bonchev–Trinajstić information content (AvgIpc) is 3.38. The number of hydrogen-bond acceptors (Lipinski definition) is 0. The number of fused-ring (bicyclic) bond motifs is 8. The Labute approximate surface area is 233 Å². The monoisotopic (exact) mass is 509 g/mol. The van der Waals surface area contributed by atoms with E-state index in [0.717, 1.165) is 12.8 Å². The van der Waals surface area contributed by atoms with Crippen molar-refractivity contribution in [2.45, 2.75) is 78.6 Å². The molecule has 0 amide bonds. The van der Waals surface area contributed by atoms with E-state index in [1.807, 2.05) is 0 Å². The third-order valence-electron chi connectivity index (χ3n) is 9.44. The molecule has 0 atom stereocenters. The lowest BCUT2D eigenvalue weighted by Crippen LogP contribution is -2.25. The fourth-order valence-corrected chi connectivity index (χ4v) is 7.93. The van der Waals surface area contributed by atoms with Crippen molar-refractivity contribution in [3.63, 3.8) is 0 Å². The number of aryl methyl sites for hydroxylation is 3. The molecule has 1 nitrogen and oxygen atoms in total. The van der Waals surface area contributed by atoms with Crippen molar-refractivity contribution in [2.75, 3.05) is 0 Å². The van der Waals surface area contributed by atoms with Crippen LogP contribution in [0.5, 0.6) is 0 Å². The van der Waals surface area contributed by atoms with Crippen LogP contribution in [0.4, 0.5) is 0 Å². The van der Waals surface area contributed by atoms with Crippen LogP contribution in [-0.4, -0.2) is 4.57 Å². The Balaban J connectivity index is 1.64. The van der Waals surface area contributed by atoms with Gasteiger partial charge in [-0.3, -0.25) is 0 Å². The van der Waals surface area contributed by atoms with E-state index in [9.17, 15) is 0 Å². The Morgan fingerprint density at radius 2 is 1.33 bits per heavy atom. The molecule has 0 fully saturated rings. The Hall–Kier alpha value is -3.58. The van der Waals surface area contributed by atoms with E-state index >= 15 is 0 Å². The van der Waals surface area contributed by atoms with Gasteiger partial charge in [0.15, 0.2) is 0 Å². The van der Waals surface area contributed by atoms with E-state index in [-0.39, 0.29) is 5.41 Å². The van der Waals surface area contributed by atoms with Crippen molar-refractivity contribution >= 4 is 27.9 Å². The van der Waals surface area contributed by atoms with Crippen LogP contribution >= 0.6 is 0 Å². The topological polar surface area (TPSA) is 4.93 Å². The van der Waals surface area contributed by atoms with Crippen LogP contribution in [0.25, 0.3) is 44.7 Å². The largest absolute Gasteiger partial charge is 0.309 e. The zero-order valence-electron chi connectivity index (χ0n) is 24.1. The minimum absolute atomic E-state index is 0.0804. The number of benzene rings is 4. The van der Waals surface area contributed by atoms with Gasteiger partial charge in [-0.15, -0.1) is 0 Å². The molecule has 1 aromatic heterocycles. The number of rotatable bonds is 5. The Morgan fingerprint density at radius 1 is 0.718 bits per heavy atom. The molecule has 0 spiro atoms. The van der Waals surface area contributed by atoms with Crippen LogP contribution in [0.3, 0.4) is 0 Å². The van der Waals surface area contributed by atoms with Gasteiger partial charge in [0.1, 0.15) is 0 Å². The molecule has 0 N–H and O–H groups in total. The minimum atomic E-state index is 0.0804. The molecule has 5 aromatic rings. The summed E-state index contributed by atoms with van der Waals surface area (Å²) < 4.78 is 2.58. The molecule has 2 aliphatic rings. The first-order valence-corrected chi connectivity index (χ1v) is 15.0. The third-order valence-corrected chi connectivity index (χ3v) is 9.44. The van der Waals surface area contributed by atoms with Gasteiger partial charge in [0.2, 0.25) is 0 Å². The number of hydrogen-bond donors (Lipinski definition) is 0. The zero-order chi connectivity index (χ0) is 26.9. The normalized spacial score (nSPS) is 15.1. The molecule has 4 aromatic carbocycles. The Bertz CT molecular complexity index is 1740. The summed E-state index contributed by atoms with van der Waals surface area (Å²) in [7, 11) is 0. The van der Waals surface area contributed by atoms with Gasteiger partial charge in [0.05, 0.1) is 16.7 Å². The van der Waals surface area contributed by atoms with Crippen molar-refractivity contribution in [1.29, 1.82) is 0 Å². The molecule has 7 rings (SSSR count). The zero-order valence-corrected chi connectivity index (χ0v) is 24.1. The van der Waals surface area contributed by atoms with Gasteiger partial charge in [0.25, 0.3) is 0 Å². The average molecular weight is 510 g/mol. The van der Waals surface area contributed by atoms with E-state index in [4.69, 9.17) is 0 Å². The molecular formula is C38H39N. The highest BCUT2D eigenvalue weighted by Crippen LogP contribution is 2.57. The molecular weight excluding hydrogens is 470 g/mol. The SMILES string of the molecule is CCCC1(CCC)c2cc(C)ccc2-c2c1cc(-n1c3ccc(C)cc3c3cc(C)ccc31)c1c2CCC=C1. The van der Waals surface area contributed by atoms with E-state index in [0.29, 0.717) is 0 Å². The maximum absolute atomic E-state index is 2.61. The lowest BCUT2D eigenvalue weighted by atomic mass is 9.70. The first-order valence-electron chi connectivity index (χ1n) is 15.0. The fraction of sp³-hybridized carbons (Fsp3) is 0.316. The van der Waals surface area contributed by atoms with Gasteiger partial charge in [0, 0.05) is 21.8 Å². The number of allylic oxidation sites excluding steroid dienone is 1. The number of nitrogens with zero attached hydrogens (tertiary/aromatic N) is 1. The molecule has 0 saturated heterocycles. The van der Waals surface area contributed by atoms with Crippen LogP contribution < -0.4 is 0 Å². The molecule has 0 saturated carbocycles. The van der Waals surface area contributed by atoms with E-state index in [2.05, 4.69) is 112 Å². The maximum atomic E-state index is 2.61. The summed E-state index contributed by atoms with van der Waals surface area (Å²) in [5.74, 6) is 0. The van der Waals surface area contributed by atoms with Gasteiger partial charge < -0.3 is 4.57 Å². The highest BCUT2D eigenvalue weighted by Gasteiger charge is 2.44. The van der Waals surface area contributed by atoms with Gasteiger partial charge >= 0.3 is 0 Å². The summed E-state index contributed by atoms with van der Waals surface area (Å²) in [5.41, 5.74) is 17.2. The summed E-state index contributed by atoms with van der Waals surface area (Å²) in [4.78, 5) is 0. The smallest absolute Gasteiger partial charge is 0.0541 e. The summed E-state index contributed by atoms with van der Waals surface area (Å²) in [5, 5.41) is 2.71. The Morgan fingerprint density at radius 3 is 1.97 bits per heavy atom. The summed E-state index contributed by atoms with van der Waals surface area (Å²) >= 11 is 0. The standard InChI is InChI=1S/C38H39N/c1-6-18-38(19-7-2)32-22-26(5)12-15-29(32)37-28-11-9-8-10-27(28)36(23-33(37)38)39-34-16-13-24(3)20-30(34)31-21-25(4)14-17-35(31)39/h8,10,12-17,20-23H,6-7,9,11,18-19H2,1-5H3. The highest BCUT2D eigenvalue weighted by molar-refractivity contribution is 6.10.